The fraction of sp³-hybridized carbons (Fsp3) is 0.300. The third kappa shape index (κ3) is 3.81. The second-order valence-corrected chi connectivity index (χ2v) is 7.69. The Balaban J connectivity index is 1.33. The predicted molar refractivity (Wildman–Crippen MR) is 114 cm³/mol. The van der Waals surface area contributed by atoms with Crippen LogP contribution in [0.15, 0.2) is 47.1 Å². The second-order valence-electron chi connectivity index (χ2n) is 7.25. The number of halogens is 1. The molecule has 4 aromatic rings. The van der Waals surface area contributed by atoms with Gasteiger partial charge in [-0.2, -0.15) is 19.5 Å². The van der Waals surface area contributed by atoms with Crippen molar-refractivity contribution in [2.45, 2.75) is 13.0 Å². The molecule has 30 heavy (non-hydrogen) atoms. The molecule has 0 amide bonds. The highest BCUT2D eigenvalue weighted by Gasteiger charge is 2.20. The molecular formula is C20H21ClN8O. The summed E-state index contributed by atoms with van der Waals surface area (Å²) in [5, 5.41) is 5.11. The Morgan fingerprint density at radius 3 is 2.67 bits per heavy atom. The molecule has 1 aliphatic heterocycles. The van der Waals surface area contributed by atoms with Crippen molar-refractivity contribution in [3.63, 3.8) is 0 Å². The Kier molecular flexibility index (Phi) is 4.97. The Bertz CT molecular complexity index is 1140. The van der Waals surface area contributed by atoms with Crippen LogP contribution in [0.4, 0.5) is 11.9 Å². The van der Waals surface area contributed by atoms with Crippen molar-refractivity contribution >= 4 is 29.3 Å². The molecule has 0 atom stereocenters. The number of hydrogen-bond donors (Lipinski definition) is 1. The SMILES string of the molecule is Nc1nc(N2CCCN(Cc3ccc(Cl)cc3)CC2)nc2nc(-c3ccco3)nn12. The van der Waals surface area contributed by atoms with E-state index in [1.54, 1.807) is 18.4 Å². The molecule has 1 aromatic carbocycles. The molecule has 0 spiro atoms. The van der Waals surface area contributed by atoms with Crippen molar-refractivity contribution in [3.05, 3.63) is 53.2 Å². The predicted octanol–water partition coefficient (Wildman–Crippen LogP) is 2.73. The van der Waals surface area contributed by atoms with Crippen molar-refractivity contribution in [1.82, 2.24) is 29.5 Å². The van der Waals surface area contributed by atoms with Gasteiger partial charge in [-0.25, -0.2) is 0 Å². The van der Waals surface area contributed by atoms with Crippen LogP contribution in [0, 0.1) is 0 Å². The minimum absolute atomic E-state index is 0.252. The van der Waals surface area contributed by atoms with Gasteiger partial charge in [0.25, 0.3) is 5.78 Å². The molecule has 154 valence electrons. The van der Waals surface area contributed by atoms with Gasteiger partial charge in [-0.3, -0.25) is 4.90 Å². The van der Waals surface area contributed by atoms with Crippen LogP contribution in [0.5, 0.6) is 0 Å². The van der Waals surface area contributed by atoms with Crippen LogP contribution in [0.1, 0.15) is 12.0 Å². The maximum absolute atomic E-state index is 6.14. The number of rotatable bonds is 4. The smallest absolute Gasteiger partial charge is 0.259 e. The average molecular weight is 425 g/mol. The lowest BCUT2D eigenvalue weighted by Gasteiger charge is -2.22. The molecule has 0 bridgehead atoms. The van der Waals surface area contributed by atoms with Gasteiger partial charge in [-0.1, -0.05) is 23.7 Å². The molecule has 3 aromatic heterocycles. The Morgan fingerprint density at radius 1 is 1.00 bits per heavy atom. The number of fused-ring (bicyclic) bond motifs is 1. The van der Waals surface area contributed by atoms with Crippen molar-refractivity contribution in [2.75, 3.05) is 36.8 Å². The summed E-state index contributed by atoms with van der Waals surface area (Å²) in [6.07, 6.45) is 2.58. The Hall–Kier alpha value is -3.17. The van der Waals surface area contributed by atoms with Crippen molar-refractivity contribution in [3.8, 4) is 11.6 Å². The summed E-state index contributed by atoms with van der Waals surface area (Å²) in [7, 11) is 0. The summed E-state index contributed by atoms with van der Waals surface area (Å²) in [5.74, 6) is 2.23. The van der Waals surface area contributed by atoms with E-state index in [0.29, 0.717) is 23.3 Å². The molecule has 10 heteroatoms. The first-order chi connectivity index (χ1) is 14.7. The molecule has 1 saturated heterocycles. The normalized spacial score (nSPS) is 15.6. The van der Waals surface area contributed by atoms with E-state index in [9.17, 15) is 0 Å². The molecule has 0 radical (unpaired) electrons. The molecule has 0 unspecified atom stereocenters. The van der Waals surface area contributed by atoms with Crippen LogP contribution in [0.3, 0.4) is 0 Å². The highest BCUT2D eigenvalue weighted by Crippen LogP contribution is 2.20. The number of furan rings is 1. The van der Waals surface area contributed by atoms with Crippen LogP contribution < -0.4 is 10.6 Å². The Labute approximate surface area is 178 Å². The van der Waals surface area contributed by atoms with Crippen LogP contribution >= 0.6 is 11.6 Å². The zero-order valence-corrected chi connectivity index (χ0v) is 17.0. The maximum Gasteiger partial charge on any atom is 0.259 e. The first-order valence-electron chi connectivity index (χ1n) is 9.81. The molecule has 2 N–H and O–H groups in total. The average Bonchev–Trinajstić information content (AvgIpc) is 3.36. The molecule has 1 fully saturated rings. The molecule has 9 nitrogen and oxygen atoms in total. The molecular weight excluding hydrogens is 404 g/mol. The highest BCUT2D eigenvalue weighted by molar-refractivity contribution is 6.30. The second kappa shape index (κ2) is 7.92. The number of anilines is 2. The third-order valence-electron chi connectivity index (χ3n) is 5.15. The van der Waals surface area contributed by atoms with Crippen LogP contribution in [-0.2, 0) is 6.54 Å². The standard InChI is InChI=1S/C20H21ClN8O/c21-15-6-4-14(5-7-15)13-27-8-2-9-28(11-10-27)19-24-18(22)29-20(25-19)23-17(26-29)16-3-1-12-30-16/h1,3-7,12H,2,8-11,13H2,(H2,22,23,24,25,26). The van der Waals surface area contributed by atoms with E-state index in [1.807, 2.05) is 12.1 Å². The van der Waals surface area contributed by atoms with Crippen molar-refractivity contribution in [1.29, 1.82) is 0 Å². The van der Waals surface area contributed by atoms with E-state index in [1.165, 1.54) is 10.1 Å². The number of nitrogen functional groups attached to an aromatic ring is 1. The van der Waals surface area contributed by atoms with Gasteiger partial charge in [0.2, 0.25) is 17.7 Å². The summed E-state index contributed by atoms with van der Waals surface area (Å²) in [6, 6.07) is 11.6. The van der Waals surface area contributed by atoms with E-state index >= 15 is 0 Å². The highest BCUT2D eigenvalue weighted by atomic mass is 35.5. The minimum Gasteiger partial charge on any atom is -0.461 e. The number of nitrogens with two attached hydrogens (primary N) is 1. The fourth-order valence-corrected chi connectivity index (χ4v) is 3.75. The van der Waals surface area contributed by atoms with Gasteiger partial charge >= 0.3 is 0 Å². The largest absolute Gasteiger partial charge is 0.461 e. The van der Waals surface area contributed by atoms with Gasteiger partial charge in [0.05, 0.1) is 6.26 Å². The monoisotopic (exact) mass is 424 g/mol. The van der Waals surface area contributed by atoms with Crippen LogP contribution in [-0.4, -0.2) is 55.6 Å². The molecule has 4 heterocycles. The molecule has 5 rings (SSSR count). The van der Waals surface area contributed by atoms with Gasteiger partial charge in [0.1, 0.15) is 0 Å². The lowest BCUT2D eigenvalue weighted by atomic mass is 10.2. The minimum atomic E-state index is 0.252. The van der Waals surface area contributed by atoms with Gasteiger partial charge in [0.15, 0.2) is 5.76 Å². The van der Waals surface area contributed by atoms with Crippen LogP contribution in [0.25, 0.3) is 17.4 Å². The van der Waals surface area contributed by atoms with Gasteiger partial charge < -0.3 is 15.1 Å². The fourth-order valence-electron chi connectivity index (χ4n) is 3.62. The first-order valence-corrected chi connectivity index (χ1v) is 10.2. The first kappa shape index (κ1) is 18.8. The quantitative estimate of drug-likeness (QED) is 0.533. The number of aromatic nitrogens is 5. The van der Waals surface area contributed by atoms with Crippen molar-refractivity contribution in [2.24, 2.45) is 0 Å². The van der Waals surface area contributed by atoms with Gasteiger partial charge in [-0.15, -0.1) is 5.10 Å². The van der Waals surface area contributed by atoms with E-state index in [2.05, 4.69) is 42.0 Å². The summed E-state index contributed by atoms with van der Waals surface area (Å²) in [5.41, 5.74) is 7.40. The van der Waals surface area contributed by atoms with Gasteiger partial charge in [-0.05, 0) is 36.2 Å². The zero-order chi connectivity index (χ0) is 20.5. The zero-order valence-electron chi connectivity index (χ0n) is 16.3. The van der Waals surface area contributed by atoms with E-state index < -0.39 is 0 Å². The summed E-state index contributed by atoms with van der Waals surface area (Å²) in [6.45, 7) is 4.46. The lowest BCUT2D eigenvalue weighted by Crippen LogP contribution is -2.32. The molecule has 0 aliphatic carbocycles. The number of nitrogens with zero attached hydrogens (tertiary/aromatic N) is 7. The summed E-state index contributed by atoms with van der Waals surface area (Å²) < 4.78 is 6.81. The Morgan fingerprint density at radius 2 is 1.87 bits per heavy atom. The van der Waals surface area contributed by atoms with E-state index in [4.69, 9.17) is 21.8 Å². The van der Waals surface area contributed by atoms with E-state index in [-0.39, 0.29) is 5.95 Å². The summed E-state index contributed by atoms with van der Waals surface area (Å²) >= 11 is 5.99. The summed E-state index contributed by atoms with van der Waals surface area (Å²) in [4.78, 5) is 18.1. The molecule has 1 aliphatic rings. The van der Waals surface area contributed by atoms with E-state index in [0.717, 1.165) is 44.2 Å². The number of benzene rings is 1. The maximum atomic E-state index is 6.14. The third-order valence-corrected chi connectivity index (χ3v) is 5.41. The topological polar surface area (TPSA) is 102 Å². The van der Waals surface area contributed by atoms with Crippen LogP contribution in [0.2, 0.25) is 5.02 Å². The number of hydrogen-bond acceptors (Lipinski definition) is 8. The van der Waals surface area contributed by atoms with Crippen molar-refractivity contribution < 1.29 is 4.42 Å². The lowest BCUT2D eigenvalue weighted by molar-refractivity contribution is 0.285. The van der Waals surface area contributed by atoms with Gasteiger partial charge in [0, 0.05) is 37.7 Å². The molecule has 0 saturated carbocycles.